The van der Waals surface area contributed by atoms with Gasteiger partial charge in [0.05, 0.1) is 5.38 Å². The molecule has 1 aliphatic rings. The number of halogens is 2. The average Bonchev–Trinajstić information content (AvgIpc) is 2.52. The first-order valence-corrected chi connectivity index (χ1v) is 5.18. The lowest BCUT2D eigenvalue weighted by molar-refractivity contribution is 0.942. The SMILES string of the molecule is Clc1cccc(C2=CC(Cl)CC2)c1. The molecule has 0 fully saturated rings. The second-order valence-electron chi connectivity index (χ2n) is 3.26. The molecular formula is C11H10Cl2. The number of benzene rings is 1. The van der Waals surface area contributed by atoms with E-state index in [2.05, 4.69) is 12.1 Å². The van der Waals surface area contributed by atoms with Crippen LogP contribution >= 0.6 is 23.2 Å². The van der Waals surface area contributed by atoms with E-state index in [0.29, 0.717) is 0 Å². The maximum Gasteiger partial charge on any atom is 0.0525 e. The minimum atomic E-state index is 0.203. The fraction of sp³-hybridized carbons (Fsp3) is 0.273. The standard InChI is InChI=1S/C11H10Cl2/c12-10-3-1-2-8(6-10)9-4-5-11(13)7-9/h1-3,6-7,11H,4-5H2. The van der Waals surface area contributed by atoms with Crippen LogP contribution in [-0.4, -0.2) is 5.38 Å². The molecule has 1 atom stereocenters. The third kappa shape index (κ3) is 2.07. The van der Waals surface area contributed by atoms with Gasteiger partial charge in [-0.15, -0.1) is 11.6 Å². The topological polar surface area (TPSA) is 0 Å². The quantitative estimate of drug-likeness (QED) is 0.615. The molecule has 0 heterocycles. The summed E-state index contributed by atoms with van der Waals surface area (Å²) in [5.74, 6) is 0. The normalized spacial score (nSPS) is 21.7. The van der Waals surface area contributed by atoms with Crippen molar-refractivity contribution >= 4 is 28.8 Å². The molecular weight excluding hydrogens is 203 g/mol. The smallest absolute Gasteiger partial charge is 0.0525 e. The van der Waals surface area contributed by atoms with Crippen LogP contribution in [0, 0.1) is 0 Å². The fourth-order valence-electron chi connectivity index (χ4n) is 1.61. The molecule has 0 amide bonds. The molecule has 0 aromatic heterocycles. The van der Waals surface area contributed by atoms with Crippen molar-refractivity contribution < 1.29 is 0 Å². The van der Waals surface area contributed by atoms with Gasteiger partial charge in [0.15, 0.2) is 0 Å². The minimum absolute atomic E-state index is 0.203. The minimum Gasteiger partial charge on any atom is -0.118 e. The summed E-state index contributed by atoms with van der Waals surface area (Å²) >= 11 is 11.9. The highest BCUT2D eigenvalue weighted by Crippen LogP contribution is 2.31. The molecule has 0 saturated heterocycles. The number of hydrogen-bond donors (Lipinski definition) is 0. The molecule has 1 aromatic rings. The van der Waals surface area contributed by atoms with Gasteiger partial charge in [0, 0.05) is 5.02 Å². The second-order valence-corrected chi connectivity index (χ2v) is 4.25. The summed E-state index contributed by atoms with van der Waals surface area (Å²) < 4.78 is 0. The summed E-state index contributed by atoms with van der Waals surface area (Å²) in [6.45, 7) is 0. The zero-order chi connectivity index (χ0) is 9.26. The third-order valence-corrected chi connectivity index (χ3v) is 2.85. The van der Waals surface area contributed by atoms with E-state index in [1.807, 2.05) is 18.2 Å². The first-order valence-electron chi connectivity index (χ1n) is 4.36. The Bertz CT molecular complexity index is 342. The molecule has 0 spiro atoms. The Morgan fingerprint density at radius 1 is 1.31 bits per heavy atom. The lowest BCUT2D eigenvalue weighted by Crippen LogP contribution is -1.81. The molecule has 1 aliphatic carbocycles. The summed E-state index contributed by atoms with van der Waals surface area (Å²) in [4.78, 5) is 0. The molecule has 0 saturated carbocycles. The lowest BCUT2D eigenvalue weighted by atomic mass is 10.1. The molecule has 0 radical (unpaired) electrons. The van der Waals surface area contributed by atoms with Crippen LogP contribution in [0.25, 0.3) is 5.57 Å². The molecule has 0 nitrogen and oxygen atoms in total. The van der Waals surface area contributed by atoms with Crippen molar-refractivity contribution in [1.29, 1.82) is 0 Å². The van der Waals surface area contributed by atoms with Crippen LogP contribution in [0.4, 0.5) is 0 Å². The van der Waals surface area contributed by atoms with Crippen molar-refractivity contribution in [3.8, 4) is 0 Å². The maximum atomic E-state index is 5.99. The Balaban J connectivity index is 2.31. The van der Waals surface area contributed by atoms with Crippen LogP contribution in [0.15, 0.2) is 30.3 Å². The Kier molecular flexibility index (Phi) is 2.61. The highest BCUT2D eigenvalue weighted by Gasteiger charge is 2.14. The number of rotatable bonds is 1. The monoisotopic (exact) mass is 212 g/mol. The van der Waals surface area contributed by atoms with Gasteiger partial charge in [-0.2, -0.15) is 0 Å². The molecule has 0 aliphatic heterocycles. The van der Waals surface area contributed by atoms with Crippen LogP contribution in [0.5, 0.6) is 0 Å². The second kappa shape index (κ2) is 3.73. The van der Waals surface area contributed by atoms with Gasteiger partial charge in [-0.3, -0.25) is 0 Å². The van der Waals surface area contributed by atoms with Gasteiger partial charge in [0.2, 0.25) is 0 Å². The summed E-state index contributed by atoms with van der Waals surface area (Å²) in [5.41, 5.74) is 2.53. The van der Waals surface area contributed by atoms with Crippen LogP contribution < -0.4 is 0 Å². The van der Waals surface area contributed by atoms with Crippen LogP contribution in [0.1, 0.15) is 18.4 Å². The van der Waals surface area contributed by atoms with Gasteiger partial charge in [-0.1, -0.05) is 29.8 Å². The Hall–Kier alpha value is -0.460. The molecule has 2 heteroatoms. The van der Waals surface area contributed by atoms with E-state index < -0.39 is 0 Å². The van der Waals surface area contributed by atoms with Gasteiger partial charge in [-0.25, -0.2) is 0 Å². The Morgan fingerprint density at radius 2 is 2.15 bits per heavy atom. The van der Waals surface area contributed by atoms with E-state index in [1.54, 1.807) is 0 Å². The molecule has 2 rings (SSSR count). The van der Waals surface area contributed by atoms with Gasteiger partial charge in [0.1, 0.15) is 0 Å². The number of hydrogen-bond acceptors (Lipinski definition) is 0. The van der Waals surface area contributed by atoms with E-state index in [9.17, 15) is 0 Å². The molecule has 68 valence electrons. The molecule has 1 aromatic carbocycles. The van der Waals surface area contributed by atoms with Crippen molar-refractivity contribution in [3.05, 3.63) is 40.9 Å². The molecule has 0 N–H and O–H groups in total. The zero-order valence-corrected chi connectivity index (χ0v) is 8.65. The van der Waals surface area contributed by atoms with Crippen molar-refractivity contribution in [2.24, 2.45) is 0 Å². The first kappa shape index (κ1) is 9.11. The lowest BCUT2D eigenvalue weighted by Gasteiger charge is -2.01. The van der Waals surface area contributed by atoms with Gasteiger partial charge in [-0.05, 0) is 36.1 Å². The van der Waals surface area contributed by atoms with Crippen LogP contribution in [0.2, 0.25) is 5.02 Å². The number of allylic oxidation sites excluding steroid dienone is 2. The van der Waals surface area contributed by atoms with Crippen LogP contribution in [0.3, 0.4) is 0 Å². The van der Waals surface area contributed by atoms with Crippen molar-refractivity contribution in [2.75, 3.05) is 0 Å². The van der Waals surface area contributed by atoms with E-state index in [1.165, 1.54) is 11.1 Å². The fourth-order valence-corrected chi connectivity index (χ4v) is 2.06. The largest absolute Gasteiger partial charge is 0.118 e. The first-order chi connectivity index (χ1) is 6.25. The zero-order valence-electron chi connectivity index (χ0n) is 7.13. The highest BCUT2D eigenvalue weighted by molar-refractivity contribution is 6.30. The summed E-state index contributed by atoms with van der Waals surface area (Å²) in [6, 6.07) is 7.92. The predicted molar refractivity (Wildman–Crippen MR) is 58.3 cm³/mol. The van der Waals surface area contributed by atoms with E-state index in [0.717, 1.165) is 17.9 Å². The Morgan fingerprint density at radius 3 is 2.77 bits per heavy atom. The third-order valence-electron chi connectivity index (χ3n) is 2.27. The highest BCUT2D eigenvalue weighted by atomic mass is 35.5. The van der Waals surface area contributed by atoms with Crippen molar-refractivity contribution in [3.63, 3.8) is 0 Å². The Labute approximate surface area is 88.2 Å². The summed E-state index contributed by atoms with van der Waals surface area (Å²) in [5, 5.41) is 0.991. The van der Waals surface area contributed by atoms with E-state index in [-0.39, 0.29) is 5.38 Å². The summed E-state index contributed by atoms with van der Waals surface area (Å²) in [6.07, 6.45) is 4.23. The summed E-state index contributed by atoms with van der Waals surface area (Å²) in [7, 11) is 0. The molecule has 13 heavy (non-hydrogen) atoms. The maximum absolute atomic E-state index is 5.99. The van der Waals surface area contributed by atoms with Gasteiger partial charge >= 0.3 is 0 Å². The van der Waals surface area contributed by atoms with Crippen molar-refractivity contribution in [2.45, 2.75) is 18.2 Å². The van der Waals surface area contributed by atoms with E-state index in [4.69, 9.17) is 23.2 Å². The number of alkyl halides is 1. The predicted octanol–water partition coefficient (Wildman–Crippen LogP) is 4.12. The van der Waals surface area contributed by atoms with Gasteiger partial charge < -0.3 is 0 Å². The average molecular weight is 213 g/mol. The van der Waals surface area contributed by atoms with Gasteiger partial charge in [0.25, 0.3) is 0 Å². The van der Waals surface area contributed by atoms with E-state index >= 15 is 0 Å². The van der Waals surface area contributed by atoms with Crippen LogP contribution in [-0.2, 0) is 0 Å². The molecule has 0 bridgehead atoms. The van der Waals surface area contributed by atoms with Crippen molar-refractivity contribution in [1.82, 2.24) is 0 Å². The molecule has 1 unspecified atom stereocenters.